The van der Waals surface area contributed by atoms with Gasteiger partial charge in [-0.15, -0.1) is 0 Å². The molecule has 5 N–H and O–H groups in total. The van der Waals surface area contributed by atoms with Crippen molar-refractivity contribution in [2.24, 2.45) is 11.6 Å². The van der Waals surface area contributed by atoms with Crippen LogP contribution in [0.2, 0.25) is 0 Å². The highest BCUT2D eigenvalue weighted by Crippen LogP contribution is 2.06. The lowest BCUT2D eigenvalue weighted by molar-refractivity contribution is -0.119. The van der Waals surface area contributed by atoms with Crippen molar-refractivity contribution >= 4 is 11.7 Å². The van der Waals surface area contributed by atoms with Crippen molar-refractivity contribution in [1.29, 1.82) is 0 Å². The smallest absolute Gasteiger partial charge is 0.231 e. The predicted molar refractivity (Wildman–Crippen MR) is 62.2 cm³/mol. The van der Waals surface area contributed by atoms with Crippen molar-refractivity contribution in [2.75, 3.05) is 18.5 Å². The minimum absolute atomic E-state index is 0.257. The maximum atomic E-state index is 10.8. The number of hydrogen-bond acceptors (Lipinski definition) is 5. The van der Waals surface area contributed by atoms with Crippen molar-refractivity contribution in [1.82, 2.24) is 9.88 Å². The summed E-state index contributed by atoms with van der Waals surface area (Å²) in [6.07, 6.45) is 1.72. The zero-order valence-electron chi connectivity index (χ0n) is 9.31. The van der Waals surface area contributed by atoms with Gasteiger partial charge in [0.25, 0.3) is 0 Å². The van der Waals surface area contributed by atoms with Crippen molar-refractivity contribution in [2.45, 2.75) is 13.5 Å². The number of nitrogens with two attached hydrogens (primary N) is 2. The van der Waals surface area contributed by atoms with Crippen molar-refractivity contribution in [3.05, 3.63) is 23.9 Å². The van der Waals surface area contributed by atoms with Crippen LogP contribution in [0, 0.1) is 0 Å². The topological polar surface area (TPSA) is 97.3 Å². The quantitative estimate of drug-likeness (QED) is 0.453. The van der Waals surface area contributed by atoms with Crippen molar-refractivity contribution in [3.63, 3.8) is 0 Å². The van der Waals surface area contributed by atoms with Gasteiger partial charge in [0.05, 0.1) is 6.54 Å². The molecule has 0 bridgehead atoms. The Morgan fingerprint density at radius 2 is 2.31 bits per heavy atom. The molecule has 0 aliphatic heterocycles. The molecule has 1 heterocycles. The summed E-state index contributed by atoms with van der Waals surface area (Å²) in [5.41, 5.74) is 8.62. The van der Waals surface area contributed by atoms with E-state index in [4.69, 9.17) is 11.6 Å². The molecule has 6 heteroatoms. The highest BCUT2D eigenvalue weighted by Gasteiger charge is 2.06. The average molecular weight is 223 g/mol. The SMILES string of the molecule is CCN(CC(N)=O)Cc1ccc(NN)nc1. The molecule has 0 atom stereocenters. The number of carbonyl (C=O) groups is 1. The predicted octanol–water partition coefficient (Wildman–Crippen LogP) is -0.326. The second-order valence-corrected chi connectivity index (χ2v) is 3.47. The van der Waals surface area contributed by atoms with Crippen molar-refractivity contribution < 1.29 is 4.79 Å². The second kappa shape index (κ2) is 6.04. The van der Waals surface area contributed by atoms with Crippen LogP contribution in [-0.2, 0) is 11.3 Å². The number of anilines is 1. The van der Waals surface area contributed by atoms with E-state index in [1.54, 1.807) is 12.3 Å². The Balaban J connectivity index is 2.59. The van der Waals surface area contributed by atoms with Gasteiger partial charge in [-0.05, 0) is 18.2 Å². The highest BCUT2D eigenvalue weighted by atomic mass is 16.1. The number of nitrogen functional groups attached to an aromatic ring is 1. The molecule has 0 spiro atoms. The van der Waals surface area contributed by atoms with E-state index in [1.807, 2.05) is 17.9 Å². The van der Waals surface area contributed by atoms with Crippen LogP contribution >= 0.6 is 0 Å². The number of likely N-dealkylation sites (N-methyl/N-ethyl adjacent to an activating group) is 1. The molecular weight excluding hydrogens is 206 g/mol. The average Bonchev–Trinajstić information content (AvgIpc) is 2.28. The number of hydrogen-bond donors (Lipinski definition) is 3. The molecule has 0 saturated heterocycles. The van der Waals surface area contributed by atoms with Gasteiger partial charge in [0, 0.05) is 12.7 Å². The lowest BCUT2D eigenvalue weighted by atomic mass is 10.2. The first-order valence-electron chi connectivity index (χ1n) is 5.08. The summed E-state index contributed by atoms with van der Waals surface area (Å²) in [4.78, 5) is 16.8. The summed E-state index contributed by atoms with van der Waals surface area (Å²) >= 11 is 0. The molecule has 16 heavy (non-hydrogen) atoms. The lowest BCUT2D eigenvalue weighted by Gasteiger charge is -2.18. The first-order chi connectivity index (χ1) is 7.65. The molecule has 0 aliphatic carbocycles. The fourth-order valence-electron chi connectivity index (χ4n) is 1.36. The van der Waals surface area contributed by atoms with Gasteiger partial charge in [-0.25, -0.2) is 10.8 Å². The third-order valence-corrected chi connectivity index (χ3v) is 2.21. The summed E-state index contributed by atoms with van der Waals surface area (Å²) in [7, 11) is 0. The summed E-state index contributed by atoms with van der Waals surface area (Å²) < 4.78 is 0. The molecule has 0 aromatic carbocycles. The third kappa shape index (κ3) is 3.84. The van der Waals surface area contributed by atoms with E-state index in [2.05, 4.69) is 10.4 Å². The zero-order valence-corrected chi connectivity index (χ0v) is 9.31. The van der Waals surface area contributed by atoms with Gasteiger partial charge in [0.2, 0.25) is 5.91 Å². The first-order valence-corrected chi connectivity index (χ1v) is 5.08. The Bertz CT molecular complexity index is 338. The summed E-state index contributed by atoms with van der Waals surface area (Å²) in [5.74, 6) is 5.50. The van der Waals surface area contributed by atoms with E-state index in [0.717, 1.165) is 12.1 Å². The molecule has 0 fully saturated rings. The van der Waals surface area contributed by atoms with Gasteiger partial charge in [0.15, 0.2) is 0 Å². The monoisotopic (exact) mass is 223 g/mol. The fourth-order valence-corrected chi connectivity index (χ4v) is 1.36. The summed E-state index contributed by atoms with van der Waals surface area (Å²) in [5, 5.41) is 0. The number of nitrogens with zero attached hydrogens (tertiary/aromatic N) is 2. The number of hydrazine groups is 1. The number of carbonyl (C=O) groups excluding carboxylic acids is 1. The number of primary amides is 1. The number of rotatable bonds is 6. The number of aromatic nitrogens is 1. The second-order valence-electron chi connectivity index (χ2n) is 3.47. The molecule has 0 unspecified atom stereocenters. The van der Waals surface area contributed by atoms with Crippen LogP contribution in [0.25, 0.3) is 0 Å². The van der Waals surface area contributed by atoms with Gasteiger partial charge in [-0.2, -0.15) is 0 Å². The van der Waals surface area contributed by atoms with Gasteiger partial charge in [0.1, 0.15) is 5.82 Å². The molecule has 6 nitrogen and oxygen atoms in total. The van der Waals surface area contributed by atoms with Crippen LogP contribution in [0.4, 0.5) is 5.82 Å². The Morgan fingerprint density at radius 1 is 1.56 bits per heavy atom. The number of pyridine rings is 1. The normalized spacial score (nSPS) is 10.4. The number of nitrogens with one attached hydrogen (secondary N) is 1. The van der Waals surface area contributed by atoms with E-state index in [9.17, 15) is 4.79 Å². The minimum atomic E-state index is -0.324. The third-order valence-electron chi connectivity index (χ3n) is 2.21. The summed E-state index contributed by atoms with van der Waals surface area (Å²) in [6.45, 7) is 3.65. The van der Waals surface area contributed by atoms with E-state index < -0.39 is 0 Å². The molecule has 1 aromatic rings. The van der Waals surface area contributed by atoms with Crippen LogP contribution < -0.4 is 17.0 Å². The van der Waals surface area contributed by atoms with Crippen molar-refractivity contribution in [3.8, 4) is 0 Å². The Morgan fingerprint density at radius 3 is 2.75 bits per heavy atom. The van der Waals surface area contributed by atoms with E-state index >= 15 is 0 Å². The maximum absolute atomic E-state index is 10.8. The molecule has 1 aromatic heterocycles. The Kier molecular flexibility index (Phi) is 4.68. The molecule has 0 radical (unpaired) electrons. The van der Waals surface area contributed by atoms with Crippen LogP contribution in [0.1, 0.15) is 12.5 Å². The lowest BCUT2D eigenvalue weighted by Crippen LogP contribution is -2.33. The first kappa shape index (κ1) is 12.4. The maximum Gasteiger partial charge on any atom is 0.231 e. The minimum Gasteiger partial charge on any atom is -0.369 e. The molecule has 1 amide bonds. The van der Waals surface area contributed by atoms with E-state index in [1.165, 1.54) is 0 Å². The summed E-state index contributed by atoms with van der Waals surface area (Å²) in [6, 6.07) is 3.69. The van der Waals surface area contributed by atoms with E-state index in [0.29, 0.717) is 12.4 Å². The van der Waals surface area contributed by atoms with Crippen LogP contribution in [0.5, 0.6) is 0 Å². The van der Waals surface area contributed by atoms with Crippen LogP contribution in [-0.4, -0.2) is 28.9 Å². The Hall–Kier alpha value is -1.66. The van der Waals surface area contributed by atoms with Gasteiger partial charge in [-0.1, -0.05) is 13.0 Å². The number of amides is 1. The molecule has 88 valence electrons. The Labute approximate surface area is 94.6 Å². The highest BCUT2D eigenvalue weighted by molar-refractivity contribution is 5.75. The van der Waals surface area contributed by atoms with Gasteiger partial charge in [-0.3, -0.25) is 9.69 Å². The standard InChI is InChI=1S/C10H17N5O/c1-2-15(7-9(11)16)6-8-3-4-10(14-12)13-5-8/h3-5H,2,6-7,12H2,1H3,(H2,11,16)(H,13,14). The molecule has 0 saturated carbocycles. The van der Waals surface area contributed by atoms with Crippen LogP contribution in [0.3, 0.4) is 0 Å². The van der Waals surface area contributed by atoms with Gasteiger partial charge >= 0.3 is 0 Å². The zero-order chi connectivity index (χ0) is 12.0. The van der Waals surface area contributed by atoms with E-state index in [-0.39, 0.29) is 12.5 Å². The molecule has 1 rings (SSSR count). The fraction of sp³-hybridized carbons (Fsp3) is 0.400. The van der Waals surface area contributed by atoms with Gasteiger partial charge < -0.3 is 11.2 Å². The molecular formula is C10H17N5O. The van der Waals surface area contributed by atoms with Crippen LogP contribution in [0.15, 0.2) is 18.3 Å². The molecule has 0 aliphatic rings. The largest absolute Gasteiger partial charge is 0.369 e.